The van der Waals surface area contributed by atoms with Crippen molar-refractivity contribution >= 4 is 58.8 Å². The summed E-state index contributed by atoms with van der Waals surface area (Å²) in [6.45, 7) is 2.62. The van der Waals surface area contributed by atoms with E-state index in [4.69, 9.17) is 40.8 Å². The van der Waals surface area contributed by atoms with Crippen molar-refractivity contribution in [3.63, 3.8) is 0 Å². The van der Waals surface area contributed by atoms with Crippen LogP contribution in [0.15, 0.2) is 29.4 Å². The van der Waals surface area contributed by atoms with Crippen molar-refractivity contribution in [3.8, 4) is 11.6 Å². The zero-order valence-corrected chi connectivity index (χ0v) is 17.0. The molecule has 0 radical (unpaired) electrons. The number of benzene rings is 1. The minimum Gasteiger partial charge on any atom is -0.480 e. The largest absolute Gasteiger partial charge is 0.480 e. The summed E-state index contributed by atoms with van der Waals surface area (Å²) >= 11 is 18.9. The molecule has 0 aliphatic carbocycles. The van der Waals surface area contributed by atoms with Crippen molar-refractivity contribution in [2.75, 3.05) is 13.4 Å². The van der Waals surface area contributed by atoms with Crippen LogP contribution in [0.3, 0.4) is 0 Å². The number of rotatable bonds is 4. The van der Waals surface area contributed by atoms with E-state index in [1.54, 1.807) is 7.11 Å². The topological polar surface area (TPSA) is 44.9 Å². The standard InChI is InChI=1S/C16H15ClN4OS3/c1-4-20-14(23)11-12(18-15(25-3)19-13(11)22-2)21(16(20)24)10-7-5-6-9(17)8-10/h5-8H,4H2,1-3H3. The van der Waals surface area contributed by atoms with Gasteiger partial charge in [-0.1, -0.05) is 41.6 Å². The van der Waals surface area contributed by atoms with E-state index < -0.39 is 0 Å². The molecule has 0 amide bonds. The molecule has 2 heterocycles. The number of aromatic nitrogens is 4. The van der Waals surface area contributed by atoms with Crippen LogP contribution in [0.4, 0.5) is 0 Å². The average Bonchev–Trinajstić information content (AvgIpc) is 2.61. The Kier molecular flexibility index (Phi) is 5.43. The molecule has 0 atom stereocenters. The summed E-state index contributed by atoms with van der Waals surface area (Å²) in [6.07, 6.45) is 1.91. The molecule has 1 aromatic carbocycles. The second-order valence-electron chi connectivity index (χ2n) is 5.07. The van der Waals surface area contributed by atoms with Crippen LogP contribution in [0.5, 0.6) is 5.88 Å². The molecule has 9 heteroatoms. The quantitative estimate of drug-likeness (QED) is 0.339. The Hall–Kier alpha value is -1.48. The van der Waals surface area contributed by atoms with Gasteiger partial charge in [-0.25, -0.2) is 4.98 Å². The predicted octanol–water partition coefficient (Wildman–Crippen LogP) is 5.08. The molecule has 0 aliphatic heterocycles. The summed E-state index contributed by atoms with van der Waals surface area (Å²) in [5.74, 6) is 0.437. The van der Waals surface area contributed by atoms with E-state index in [0.29, 0.717) is 43.0 Å². The van der Waals surface area contributed by atoms with E-state index in [1.165, 1.54) is 11.8 Å². The number of hydrogen-bond acceptors (Lipinski definition) is 6. The normalized spacial score (nSPS) is 11.0. The van der Waals surface area contributed by atoms with Gasteiger partial charge in [0.1, 0.15) is 10.0 Å². The van der Waals surface area contributed by atoms with Crippen LogP contribution in [0, 0.1) is 9.41 Å². The highest BCUT2D eigenvalue weighted by Crippen LogP contribution is 2.29. The second-order valence-corrected chi connectivity index (χ2v) is 7.03. The maximum atomic E-state index is 6.18. The summed E-state index contributed by atoms with van der Waals surface area (Å²) in [6, 6.07) is 7.46. The van der Waals surface area contributed by atoms with E-state index in [-0.39, 0.29) is 0 Å². The second kappa shape index (κ2) is 7.41. The number of thioether (sulfide) groups is 1. The minimum atomic E-state index is 0.437. The lowest BCUT2D eigenvalue weighted by Gasteiger charge is -2.17. The zero-order valence-electron chi connectivity index (χ0n) is 13.8. The SMILES string of the molecule is CCn1c(=S)c2c(OC)nc(SC)nc2n(-c2cccc(Cl)c2)c1=S. The maximum Gasteiger partial charge on any atom is 0.229 e. The number of ether oxygens (including phenoxy) is 1. The highest BCUT2D eigenvalue weighted by Gasteiger charge is 2.17. The molecule has 3 aromatic rings. The first-order valence-corrected chi connectivity index (χ1v) is 9.85. The molecule has 25 heavy (non-hydrogen) atoms. The van der Waals surface area contributed by atoms with E-state index in [0.717, 1.165) is 5.69 Å². The molecule has 5 nitrogen and oxygen atoms in total. The van der Waals surface area contributed by atoms with E-state index in [1.807, 2.05) is 46.6 Å². The summed E-state index contributed by atoms with van der Waals surface area (Å²) in [4.78, 5) is 9.08. The highest BCUT2D eigenvalue weighted by atomic mass is 35.5. The van der Waals surface area contributed by atoms with Gasteiger partial charge in [0.05, 0.1) is 12.8 Å². The van der Waals surface area contributed by atoms with Crippen LogP contribution in [-0.2, 0) is 6.54 Å². The Bertz CT molecular complexity index is 1080. The Balaban J connectivity index is 2.59. The monoisotopic (exact) mass is 410 g/mol. The van der Waals surface area contributed by atoms with Gasteiger partial charge in [0.15, 0.2) is 15.6 Å². The fourth-order valence-corrected chi connectivity index (χ4v) is 3.96. The molecule has 2 aromatic heterocycles. The minimum absolute atomic E-state index is 0.437. The average molecular weight is 411 g/mol. The number of halogens is 1. The fourth-order valence-electron chi connectivity index (χ4n) is 2.56. The number of fused-ring (bicyclic) bond motifs is 1. The van der Waals surface area contributed by atoms with Crippen LogP contribution in [0.2, 0.25) is 5.02 Å². The third-order valence-electron chi connectivity index (χ3n) is 3.69. The number of methoxy groups -OCH3 is 1. The van der Waals surface area contributed by atoms with Gasteiger partial charge >= 0.3 is 0 Å². The molecule has 0 saturated carbocycles. The van der Waals surface area contributed by atoms with Gasteiger partial charge in [0.25, 0.3) is 0 Å². The number of hydrogen-bond donors (Lipinski definition) is 0. The van der Waals surface area contributed by atoms with E-state index >= 15 is 0 Å². The lowest BCUT2D eigenvalue weighted by Crippen LogP contribution is -2.13. The smallest absolute Gasteiger partial charge is 0.229 e. The molecule has 0 fully saturated rings. The molecule has 0 bridgehead atoms. The van der Waals surface area contributed by atoms with Crippen LogP contribution in [-0.4, -0.2) is 32.5 Å². The van der Waals surface area contributed by atoms with Crippen LogP contribution in [0.1, 0.15) is 6.92 Å². The van der Waals surface area contributed by atoms with Crippen molar-refractivity contribution in [3.05, 3.63) is 38.7 Å². The first-order valence-electron chi connectivity index (χ1n) is 7.43. The fraction of sp³-hybridized carbons (Fsp3) is 0.250. The van der Waals surface area contributed by atoms with Gasteiger partial charge in [0.2, 0.25) is 5.88 Å². The first kappa shape index (κ1) is 18.3. The lowest BCUT2D eigenvalue weighted by atomic mass is 10.3. The Morgan fingerprint density at radius 3 is 2.64 bits per heavy atom. The van der Waals surface area contributed by atoms with Gasteiger partial charge in [-0.2, -0.15) is 4.98 Å². The summed E-state index contributed by atoms with van der Waals surface area (Å²) < 4.78 is 10.3. The summed E-state index contributed by atoms with van der Waals surface area (Å²) in [5, 5.41) is 1.85. The Labute approximate surface area is 164 Å². The van der Waals surface area contributed by atoms with Crippen molar-refractivity contribution < 1.29 is 4.74 Å². The van der Waals surface area contributed by atoms with Gasteiger partial charge < -0.3 is 9.30 Å². The van der Waals surface area contributed by atoms with Gasteiger partial charge in [0, 0.05) is 11.6 Å². The lowest BCUT2D eigenvalue weighted by molar-refractivity contribution is 0.397. The van der Waals surface area contributed by atoms with Crippen molar-refractivity contribution in [2.24, 2.45) is 0 Å². The molecule has 0 aliphatic rings. The Morgan fingerprint density at radius 1 is 1.28 bits per heavy atom. The van der Waals surface area contributed by atoms with Crippen molar-refractivity contribution in [1.29, 1.82) is 0 Å². The maximum absolute atomic E-state index is 6.18. The van der Waals surface area contributed by atoms with Gasteiger partial charge in [-0.05, 0) is 43.6 Å². The van der Waals surface area contributed by atoms with Crippen molar-refractivity contribution in [2.45, 2.75) is 18.6 Å². The van der Waals surface area contributed by atoms with E-state index in [2.05, 4.69) is 9.97 Å². The molecule has 0 saturated heterocycles. The number of nitrogens with zero attached hydrogens (tertiary/aromatic N) is 4. The third-order valence-corrected chi connectivity index (χ3v) is 5.30. The predicted molar refractivity (Wildman–Crippen MR) is 108 cm³/mol. The Morgan fingerprint density at radius 2 is 2.04 bits per heavy atom. The summed E-state index contributed by atoms with van der Waals surface area (Å²) in [5.41, 5.74) is 1.42. The highest BCUT2D eigenvalue weighted by molar-refractivity contribution is 7.98. The first-order chi connectivity index (χ1) is 12.0. The van der Waals surface area contributed by atoms with Gasteiger partial charge in [-0.15, -0.1) is 0 Å². The molecule has 130 valence electrons. The van der Waals surface area contributed by atoms with Gasteiger partial charge in [-0.3, -0.25) is 4.57 Å². The molecular weight excluding hydrogens is 396 g/mol. The molecule has 0 N–H and O–H groups in total. The molecule has 3 rings (SSSR count). The summed E-state index contributed by atoms with van der Waals surface area (Å²) in [7, 11) is 1.57. The third kappa shape index (κ3) is 3.19. The molecular formula is C16H15ClN4OS3. The zero-order chi connectivity index (χ0) is 18.1. The molecule has 0 unspecified atom stereocenters. The van der Waals surface area contributed by atoms with Crippen LogP contribution >= 0.6 is 47.8 Å². The molecule has 0 spiro atoms. The van der Waals surface area contributed by atoms with Crippen LogP contribution in [0.25, 0.3) is 16.7 Å². The van der Waals surface area contributed by atoms with Crippen molar-refractivity contribution in [1.82, 2.24) is 19.1 Å². The van der Waals surface area contributed by atoms with E-state index in [9.17, 15) is 0 Å². The van der Waals surface area contributed by atoms with Crippen LogP contribution < -0.4 is 4.74 Å².